The predicted octanol–water partition coefficient (Wildman–Crippen LogP) is 5.11. The van der Waals surface area contributed by atoms with Gasteiger partial charge in [0.2, 0.25) is 0 Å². The van der Waals surface area contributed by atoms with Crippen molar-refractivity contribution in [2.75, 3.05) is 6.61 Å². The molecule has 0 spiro atoms. The molecule has 0 radical (unpaired) electrons. The molecule has 1 fully saturated rings. The van der Waals surface area contributed by atoms with Crippen molar-refractivity contribution in [1.29, 1.82) is 0 Å². The Morgan fingerprint density at radius 2 is 1.79 bits per heavy atom. The summed E-state index contributed by atoms with van der Waals surface area (Å²) in [7, 11) is 0. The van der Waals surface area contributed by atoms with E-state index in [1.54, 1.807) is 0 Å². The molecule has 106 valence electrons. The Balaban J connectivity index is 1.88. The molecule has 1 atom stereocenters. The molecule has 0 aliphatic heterocycles. The zero-order valence-electron chi connectivity index (χ0n) is 12.1. The van der Waals surface area contributed by atoms with Crippen molar-refractivity contribution in [1.82, 2.24) is 0 Å². The molecule has 2 rings (SSSR count). The van der Waals surface area contributed by atoms with Gasteiger partial charge in [-0.3, -0.25) is 0 Å². The van der Waals surface area contributed by atoms with Crippen LogP contribution in [0.5, 0.6) is 5.75 Å². The van der Waals surface area contributed by atoms with Crippen molar-refractivity contribution in [2.45, 2.75) is 58.0 Å². The van der Waals surface area contributed by atoms with Gasteiger partial charge in [0.05, 0.1) is 0 Å². The van der Waals surface area contributed by atoms with Gasteiger partial charge in [0.15, 0.2) is 0 Å². The first kappa shape index (κ1) is 14.4. The van der Waals surface area contributed by atoms with Crippen LogP contribution in [0.15, 0.2) is 24.3 Å². The standard InChI is InChI=1S/C17H25FO/c1-3-14-4-6-15(7-5-14)16-8-10-17(11-9-16)19-12-13(2)18/h8-11,13-15H,3-7,12H2,1-2H3. The summed E-state index contributed by atoms with van der Waals surface area (Å²) in [6, 6.07) is 8.25. The average molecular weight is 264 g/mol. The van der Waals surface area contributed by atoms with E-state index in [4.69, 9.17) is 4.74 Å². The Morgan fingerprint density at radius 1 is 1.16 bits per heavy atom. The topological polar surface area (TPSA) is 9.23 Å². The molecular formula is C17H25FO. The lowest BCUT2D eigenvalue weighted by Gasteiger charge is -2.28. The van der Waals surface area contributed by atoms with E-state index in [0.717, 1.165) is 11.7 Å². The first-order chi connectivity index (χ1) is 9.19. The van der Waals surface area contributed by atoms with E-state index in [1.807, 2.05) is 12.1 Å². The molecule has 1 nitrogen and oxygen atoms in total. The minimum atomic E-state index is -0.913. The van der Waals surface area contributed by atoms with Crippen LogP contribution in [0.4, 0.5) is 4.39 Å². The van der Waals surface area contributed by atoms with Gasteiger partial charge in [-0.15, -0.1) is 0 Å². The summed E-state index contributed by atoms with van der Waals surface area (Å²) in [6.45, 7) is 3.95. The maximum absolute atomic E-state index is 12.7. The normalized spacial score (nSPS) is 25.0. The lowest BCUT2D eigenvalue weighted by molar-refractivity contribution is 0.209. The molecule has 0 N–H and O–H groups in total. The summed E-state index contributed by atoms with van der Waals surface area (Å²) in [4.78, 5) is 0. The summed E-state index contributed by atoms with van der Waals surface area (Å²) in [5, 5.41) is 0. The van der Waals surface area contributed by atoms with Crippen LogP contribution in [-0.2, 0) is 0 Å². The first-order valence-corrected chi connectivity index (χ1v) is 7.56. The molecular weight excluding hydrogens is 239 g/mol. The smallest absolute Gasteiger partial charge is 0.131 e. The fraction of sp³-hybridized carbons (Fsp3) is 0.647. The number of halogens is 1. The molecule has 0 aromatic heterocycles. The molecule has 0 amide bonds. The van der Waals surface area contributed by atoms with Crippen molar-refractivity contribution in [3.05, 3.63) is 29.8 Å². The van der Waals surface area contributed by atoms with Crippen LogP contribution in [0.2, 0.25) is 0 Å². The predicted molar refractivity (Wildman–Crippen MR) is 77.5 cm³/mol. The van der Waals surface area contributed by atoms with Gasteiger partial charge in [0.1, 0.15) is 18.5 Å². The van der Waals surface area contributed by atoms with Crippen molar-refractivity contribution in [3.8, 4) is 5.75 Å². The molecule has 0 bridgehead atoms. The highest BCUT2D eigenvalue weighted by molar-refractivity contribution is 5.29. The van der Waals surface area contributed by atoms with Crippen LogP contribution in [0.1, 0.15) is 57.4 Å². The van der Waals surface area contributed by atoms with E-state index < -0.39 is 6.17 Å². The second-order valence-electron chi connectivity index (χ2n) is 5.79. The van der Waals surface area contributed by atoms with Crippen LogP contribution < -0.4 is 4.74 Å². The number of rotatable bonds is 5. The van der Waals surface area contributed by atoms with Crippen molar-refractivity contribution >= 4 is 0 Å². The van der Waals surface area contributed by atoms with Crippen LogP contribution in [0.3, 0.4) is 0 Å². The maximum Gasteiger partial charge on any atom is 0.131 e. The summed E-state index contributed by atoms with van der Waals surface area (Å²) < 4.78 is 18.1. The summed E-state index contributed by atoms with van der Waals surface area (Å²) in [5.74, 6) is 2.41. The number of benzene rings is 1. The molecule has 1 aliphatic carbocycles. The third kappa shape index (κ3) is 4.22. The molecule has 0 heterocycles. The lowest BCUT2D eigenvalue weighted by atomic mass is 9.78. The molecule has 1 aliphatic rings. The number of hydrogen-bond donors (Lipinski definition) is 0. The Hall–Kier alpha value is -1.05. The van der Waals surface area contributed by atoms with E-state index >= 15 is 0 Å². The van der Waals surface area contributed by atoms with Crippen LogP contribution in [-0.4, -0.2) is 12.8 Å². The van der Waals surface area contributed by atoms with Gasteiger partial charge in [0.25, 0.3) is 0 Å². The molecule has 1 unspecified atom stereocenters. The highest BCUT2D eigenvalue weighted by Gasteiger charge is 2.21. The zero-order valence-corrected chi connectivity index (χ0v) is 12.1. The van der Waals surface area contributed by atoms with Crippen LogP contribution in [0, 0.1) is 5.92 Å². The van der Waals surface area contributed by atoms with Gasteiger partial charge in [0, 0.05) is 0 Å². The Labute approximate surface area is 116 Å². The number of alkyl halides is 1. The maximum atomic E-state index is 12.7. The lowest BCUT2D eigenvalue weighted by Crippen LogP contribution is -2.12. The van der Waals surface area contributed by atoms with Crippen LogP contribution >= 0.6 is 0 Å². The molecule has 1 aromatic carbocycles. The number of ether oxygens (including phenoxy) is 1. The zero-order chi connectivity index (χ0) is 13.7. The van der Waals surface area contributed by atoms with Gasteiger partial charge in [-0.05, 0) is 62.1 Å². The second-order valence-corrected chi connectivity index (χ2v) is 5.79. The van der Waals surface area contributed by atoms with E-state index in [1.165, 1.54) is 44.6 Å². The number of hydrogen-bond acceptors (Lipinski definition) is 1. The van der Waals surface area contributed by atoms with Gasteiger partial charge in [-0.2, -0.15) is 0 Å². The van der Waals surface area contributed by atoms with E-state index in [9.17, 15) is 4.39 Å². The minimum absolute atomic E-state index is 0.140. The molecule has 0 saturated heterocycles. The van der Waals surface area contributed by atoms with Gasteiger partial charge >= 0.3 is 0 Å². The summed E-state index contributed by atoms with van der Waals surface area (Å²) in [6.07, 6.45) is 5.74. The monoisotopic (exact) mass is 264 g/mol. The van der Waals surface area contributed by atoms with E-state index in [0.29, 0.717) is 5.92 Å². The largest absolute Gasteiger partial charge is 0.491 e. The second kappa shape index (κ2) is 6.93. The third-order valence-corrected chi connectivity index (χ3v) is 4.26. The average Bonchev–Trinajstić information content (AvgIpc) is 2.46. The van der Waals surface area contributed by atoms with Crippen molar-refractivity contribution in [3.63, 3.8) is 0 Å². The van der Waals surface area contributed by atoms with E-state index in [-0.39, 0.29) is 6.61 Å². The fourth-order valence-electron chi connectivity index (χ4n) is 2.95. The Kier molecular flexibility index (Phi) is 5.24. The highest BCUT2D eigenvalue weighted by atomic mass is 19.1. The van der Waals surface area contributed by atoms with Gasteiger partial charge in [-0.1, -0.05) is 25.5 Å². The minimum Gasteiger partial charge on any atom is -0.491 e. The highest BCUT2D eigenvalue weighted by Crippen LogP contribution is 2.37. The summed E-state index contributed by atoms with van der Waals surface area (Å²) in [5.41, 5.74) is 1.41. The van der Waals surface area contributed by atoms with Gasteiger partial charge < -0.3 is 4.74 Å². The SMILES string of the molecule is CCC1CCC(c2ccc(OCC(C)F)cc2)CC1. The Bertz CT molecular complexity index is 363. The summed E-state index contributed by atoms with van der Waals surface area (Å²) >= 11 is 0. The first-order valence-electron chi connectivity index (χ1n) is 7.56. The van der Waals surface area contributed by atoms with Crippen LogP contribution in [0.25, 0.3) is 0 Å². The van der Waals surface area contributed by atoms with Crippen molar-refractivity contribution < 1.29 is 9.13 Å². The quantitative estimate of drug-likeness (QED) is 0.718. The molecule has 1 saturated carbocycles. The van der Waals surface area contributed by atoms with E-state index in [2.05, 4.69) is 19.1 Å². The van der Waals surface area contributed by atoms with Crippen molar-refractivity contribution in [2.24, 2.45) is 5.92 Å². The Morgan fingerprint density at radius 3 is 2.32 bits per heavy atom. The molecule has 2 heteroatoms. The fourth-order valence-corrected chi connectivity index (χ4v) is 2.95. The third-order valence-electron chi connectivity index (χ3n) is 4.26. The van der Waals surface area contributed by atoms with Gasteiger partial charge in [-0.25, -0.2) is 4.39 Å². The molecule has 19 heavy (non-hydrogen) atoms. The molecule has 1 aromatic rings.